The molecular weight excluding hydrogens is 593 g/mol. The molecule has 10 aromatic rings. The van der Waals surface area contributed by atoms with E-state index in [2.05, 4.69) is 155 Å². The molecule has 0 spiro atoms. The SMILES string of the molecule is c1ccc(-c2cc(-c3ccccc3)nc(-n3c4cc5ccn(-c6ccccc6)c5cc4c4cc5c(cc43)sc3ccccc35)n2)cc1. The minimum atomic E-state index is 0.660. The summed E-state index contributed by atoms with van der Waals surface area (Å²) in [5, 5.41) is 6.10. The van der Waals surface area contributed by atoms with Gasteiger partial charge >= 0.3 is 0 Å². The summed E-state index contributed by atoms with van der Waals surface area (Å²) < 4.78 is 7.09. The highest BCUT2D eigenvalue weighted by atomic mass is 32.1. The minimum Gasteiger partial charge on any atom is -0.317 e. The van der Waals surface area contributed by atoms with Gasteiger partial charge in [0.25, 0.3) is 0 Å². The molecule has 4 aromatic heterocycles. The Bertz CT molecular complexity index is 2720. The van der Waals surface area contributed by atoms with E-state index < -0.39 is 0 Å². The highest BCUT2D eigenvalue weighted by Crippen LogP contribution is 2.42. The zero-order valence-electron chi connectivity index (χ0n) is 25.2. The number of hydrogen-bond donors (Lipinski definition) is 0. The van der Waals surface area contributed by atoms with E-state index in [1.54, 1.807) is 0 Å². The van der Waals surface area contributed by atoms with Crippen LogP contribution in [0.2, 0.25) is 0 Å². The van der Waals surface area contributed by atoms with Crippen LogP contribution in [-0.2, 0) is 0 Å². The quantitative estimate of drug-likeness (QED) is 0.197. The number of rotatable bonds is 4. The third-order valence-electron chi connectivity index (χ3n) is 9.16. The topological polar surface area (TPSA) is 35.6 Å². The van der Waals surface area contributed by atoms with Crippen LogP contribution in [0.15, 0.2) is 158 Å². The summed E-state index contributed by atoms with van der Waals surface area (Å²) in [4.78, 5) is 10.6. The molecule has 4 nitrogen and oxygen atoms in total. The summed E-state index contributed by atoms with van der Waals surface area (Å²) in [6.07, 6.45) is 2.16. The molecule has 47 heavy (non-hydrogen) atoms. The number of benzene rings is 6. The number of fused-ring (bicyclic) bond motifs is 7. The Labute approximate surface area is 274 Å². The van der Waals surface area contributed by atoms with Gasteiger partial charge in [-0.25, -0.2) is 9.97 Å². The summed E-state index contributed by atoms with van der Waals surface area (Å²) in [5.74, 6) is 0.660. The first-order valence-electron chi connectivity index (χ1n) is 15.7. The first-order valence-corrected chi connectivity index (χ1v) is 16.6. The van der Waals surface area contributed by atoms with Gasteiger partial charge in [-0.2, -0.15) is 0 Å². The summed E-state index contributed by atoms with van der Waals surface area (Å²) in [5.41, 5.74) is 8.40. The normalized spacial score (nSPS) is 11.8. The summed E-state index contributed by atoms with van der Waals surface area (Å²) in [6, 6.07) is 53.7. The van der Waals surface area contributed by atoms with Crippen LogP contribution < -0.4 is 0 Å². The van der Waals surface area contributed by atoms with Crippen molar-refractivity contribution < 1.29 is 0 Å². The number of thiophene rings is 1. The van der Waals surface area contributed by atoms with Gasteiger partial charge in [0, 0.05) is 59.3 Å². The van der Waals surface area contributed by atoms with Crippen LogP contribution in [0.25, 0.3) is 87.0 Å². The lowest BCUT2D eigenvalue weighted by Gasteiger charge is -2.12. The Morgan fingerprint density at radius 1 is 0.447 bits per heavy atom. The van der Waals surface area contributed by atoms with E-state index in [1.807, 2.05) is 23.5 Å². The third kappa shape index (κ3) is 4.14. The predicted molar refractivity (Wildman–Crippen MR) is 197 cm³/mol. The van der Waals surface area contributed by atoms with E-state index in [0.29, 0.717) is 5.95 Å². The Hall–Kier alpha value is -6.04. The van der Waals surface area contributed by atoms with Gasteiger partial charge in [0.2, 0.25) is 5.95 Å². The first kappa shape index (κ1) is 26.2. The zero-order chi connectivity index (χ0) is 30.9. The van der Waals surface area contributed by atoms with E-state index in [9.17, 15) is 0 Å². The fourth-order valence-corrected chi connectivity index (χ4v) is 8.06. The van der Waals surface area contributed by atoms with Crippen LogP contribution in [0.3, 0.4) is 0 Å². The second kappa shape index (κ2) is 10.2. The lowest BCUT2D eigenvalue weighted by molar-refractivity contribution is 0.996. The van der Waals surface area contributed by atoms with Crippen LogP contribution in [0, 0.1) is 0 Å². The molecule has 0 unspecified atom stereocenters. The molecule has 0 atom stereocenters. The molecule has 0 aliphatic carbocycles. The molecule has 220 valence electrons. The highest BCUT2D eigenvalue weighted by molar-refractivity contribution is 7.25. The van der Waals surface area contributed by atoms with Crippen molar-refractivity contribution in [2.75, 3.05) is 0 Å². The van der Waals surface area contributed by atoms with E-state index in [0.717, 1.165) is 39.2 Å². The van der Waals surface area contributed by atoms with Gasteiger partial charge in [0.15, 0.2) is 0 Å². The van der Waals surface area contributed by atoms with Crippen molar-refractivity contribution in [1.82, 2.24) is 19.1 Å². The molecule has 0 N–H and O–H groups in total. The fraction of sp³-hybridized carbons (Fsp3) is 0. The second-order valence-corrected chi connectivity index (χ2v) is 13.0. The molecule has 0 fully saturated rings. The van der Waals surface area contributed by atoms with Crippen LogP contribution in [-0.4, -0.2) is 19.1 Å². The van der Waals surface area contributed by atoms with E-state index >= 15 is 0 Å². The van der Waals surface area contributed by atoms with Crippen LogP contribution in [0.5, 0.6) is 0 Å². The molecule has 5 heteroatoms. The van der Waals surface area contributed by atoms with Crippen molar-refractivity contribution in [3.05, 3.63) is 158 Å². The van der Waals surface area contributed by atoms with Gasteiger partial charge in [-0.15, -0.1) is 11.3 Å². The average Bonchev–Trinajstić information content (AvgIpc) is 3.81. The predicted octanol–water partition coefficient (Wildman–Crippen LogP) is 11.2. The van der Waals surface area contributed by atoms with Crippen LogP contribution in [0.1, 0.15) is 0 Å². The Balaban J connectivity index is 1.33. The van der Waals surface area contributed by atoms with Gasteiger partial charge in [-0.3, -0.25) is 4.57 Å². The minimum absolute atomic E-state index is 0.660. The Morgan fingerprint density at radius 3 is 1.79 bits per heavy atom. The molecule has 0 amide bonds. The van der Waals surface area contributed by atoms with Crippen molar-refractivity contribution in [2.24, 2.45) is 0 Å². The van der Waals surface area contributed by atoms with Gasteiger partial charge in [-0.05, 0) is 54.6 Å². The summed E-state index contributed by atoms with van der Waals surface area (Å²) in [7, 11) is 0. The van der Waals surface area contributed by atoms with Crippen LogP contribution >= 0.6 is 11.3 Å². The average molecular weight is 619 g/mol. The van der Waals surface area contributed by atoms with Gasteiger partial charge in [0.05, 0.1) is 27.9 Å². The number of aromatic nitrogens is 4. The summed E-state index contributed by atoms with van der Waals surface area (Å²) >= 11 is 1.84. The smallest absolute Gasteiger partial charge is 0.235 e. The number of para-hydroxylation sites is 1. The van der Waals surface area contributed by atoms with E-state index in [4.69, 9.17) is 9.97 Å². The molecule has 0 aliphatic heterocycles. The second-order valence-electron chi connectivity index (χ2n) is 11.9. The van der Waals surface area contributed by atoms with E-state index in [-0.39, 0.29) is 0 Å². The molecular formula is C42H26N4S. The highest BCUT2D eigenvalue weighted by Gasteiger charge is 2.20. The molecule has 4 heterocycles. The molecule has 0 aliphatic rings. The van der Waals surface area contributed by atoms with Crippen molar-refractivity contribution in [3.8, 4) is 34.2 Å². The zero-order valence-corrected chi connectivity index (χ0v) is 26.0. The van der Waals surface area contributed by atoms with Crippen molar-refractivity contribution in [2.45, 2.75) is 0 Å². The molecule has 0 radical (unpaired) electrons. The molecule has 0 saturated heterocycles. The number of hydrogen-bond acceptors (Lipinski definition) is 3. The standard InChI is InChI=1S/C42H26N4S/c1-4-12-27(13-5-1)35-25-36(28-14-6-2-7-15-28)44-42(43-35)46-38-22-29-20-21-45(30-16-8-3-9-17-30)37(29)24-33(38)32-23-34-31-18-10-11-19-40(31)47-41(34)26-39(32)46/h1-26H. The lowest BCUT2D eigenvalue weighted by Crippen LogP contribution is -2.04. The Kier molecular flexibility index (Phi) is 5.71. The summed E-state index contributed by atoms with van der Waals surface area (Å²) in [6.45, 7) is 0. The van der Waals surface area contributed by atoms with E-state index in [1.165, 1.54) is 41.8 Å². The maximum atomic E-state index is 5.28. The van der Waals surface area contributed by atoms with Gasteiger partial charge < -0.3 is 4.57 Å². The van der Waals surface area contributed by atoms with Gasteiger partial charge in [-0.1, -0.05) is 97.1 Å². The molecule has 6 aromatic carbocycles. The fourth-order valence-electron chi connectivity index (χ4n) is 6.94. The largest absolute Gasteiger partial charge is 0.317 e. The van der Waals surface area contributed by atoms with Crippen molar-refractivity contribution in [1.29, 1.82) is 0 Å². The Morgan fingerprint density at radius 2 is 1.06 bits per heavy atom. The molecule has 10 rings (SSSR count). The first-order chi connectivity index (χ1) is 23.3. The third-order valence-corrected chi connectivity index (χ3v) is 10.3. The maximum Gasteiger partial charge on any atom is 0.235 e. The van der Waals surface area contributed by atoms with Crippen molar-refractivity contribution >= 4 is 64.2 Å². The maximum absolute atomic E-state index is 5.28. The number of nitrogens with zero attached hydrogens (tertiary/aromatic N) is 4. The molecule has 0 saturated carbocycles. The molecule has 0 bridgehead atoms. The van der Waals surface area contributed by atoms with Gasteiger partial charge in [0.1, 0.15) is 0 Å². The van der Waals surface area contributed by atoms with Crippen molar-refractivity contribution in [3.63, 3.8) is 0 Å². The lowest BCUT2D eigenvalue weighted by atomic mass is 10.1. The monoisotopic (exact) mass is 618 g/mol. The van der Waals surface area contributed by atoms with Crippen LogP contribution in [0.4, 0.5) is 0 Å².